The molecule has 0 aliphatic carbocycles. The number of halogens is 1. The summed E-state index contributed by atoms with van der Waals surface area (Å²) < 4.78 is 6.40. The van der Waals surface area contributed by atoms with Gasteiger partial charge in [-0.05, 0) is 26.0 Å². The van der Waals surface area contributed by atoms with Gasteiger partial charge >= 0.3 is 0 Å². The molecule has 0 spiro atoms. The number of amides is 1. The minimum Gasteiger partial charge on any atom is -0.490 e. The second kappa shape index (κ2) is 6.02. The Labute approximate surface area is 144 Å². The van der Waals surface area contributed by atoms with E-state index in [1.54, 1.807) is 18.1 Å². The fourth-order valence-electron chi connectivity index (χ4n) is 2.45. The van der Waals surface area contributed by atoms with Gasteiger partial charge in [-0.15, -0.1) is 11.3 Å². The van der Waals surface area contributed by atoms with Gasteiger partial charge in [0.05, 0.1) is 17.6 Å². The van der Waals surface area contributed by atoms with Gasteiger partial charge < -0.3 is 15.0 Å². The summed E-state index contributed by atoms with van der Waals surface area (Å²) in [6.07, 6.45) is 1.76. The minimum absolute atomic E-state index is 0.0521. The zero-order valence-electron chi connectivity index (χ0n) is 13.2. The molecule has 1 amide bonds. The Hall–Kier alpha value is -1.79. The number of carbonyl (C=O) groups is 1. The van der Waals surface area contributed by atoms with Crippen LogP contribution in [0.1, 0.15) is 18.7 Å². The summed E-state index contributed by atoms with van der Waals surface area (Å²) in [5.41, 5.74) is 1.17. The van der Waals surface area contributed by atoms with Gasteiger partial charge in [0.15, 0.2) is 4.47 Å². The van der Waals surface area contributed by atoms with Crippen molar-refractivity contribution in [3.05, 3.63) is 33.7 Å². The Morgan fingerprint density at radius 2 is 2.26 bits per heavy atom. The third-order valence-electron chi connectivity index (χ3n) is 3.79. The maximum atomic E-state index is 12.4. The van der Waals surface area contributed by atoms with Crippen LogP contribution in [0, 0.1) is 5.41 Å². The number of thiazole rings is 1. The molecule has 5 nitrogen and oxygen atoms in total. The highest BCUT2D eigenvalue weighted by molar-refractivity contribution is 7.15. The van der Waals surface area contributed by atoms with Crippen LogP contribution in [0.3, 0.4) is 0 Å². The second-order valence-electron chi connectivity index (χ2n) is 6.15. The molecule has 122 valence electrons. The number of fused-ring (bicyclic) bond motifs is 1. The largest absolute Gasteiger partial charge is 0.490 e. The number of hydrogen-bond donors (Lipinski definition) is 1. The highest BCUT2D eigenvalue weighted by Crippen LogP contribution is 2.37. The molecule has 23 heavy (non-hydrogen) atoms. The standard InChI is InChI=1S/C16H18ClN3O2S/c1-16(2)9-22-13-6-10(4-5-12(13)20(3)14(16)21)18-7-11-8-19-15(17)23-11/h4-6,8,18H,7,9H2,1-3H3. The first kappa shape index (κ1) is 16.1. The number of rotatable bonds is 3. The van der Waals surface area contributed by atoms with Gasteiger partial charge in [-0.25, -0.2) is 4.98 Å². The monoisotopic (exact) mass is 351 g/mol. The molecular formula is C16H18ClN3O2S. The molecule has 0 saturated heterocycles. The van der Waals surface area contributed by atoms with E-state index in [-0.39, 0.29) is 5.91 Å². The molecule has 2 heterocycles. The Morgan fingerprint density at radius 3 is 2.96 bits per heavy atom. The molecule has 0 saturated carbocycles. The van der Waals surface area contributed by atoms with Gasteiger partial charge in [0, 0.05) is 29.9 Å². The van der Waals surface area contributed by atoms with E-state index >= 15 is 0 Å². The van der Waals surface area contributed by atoms with Crippen molar-refractivity contribution < 1.29 is 9.53 Å². The van der Waals surface area contributed by atoms with Crippen LogP contribution in [-0.2, 0) is 11.3 Å². The van der Waals surface area contributed by atoms with Crippen LogP contribution in [0.15, 0.2) is 24.4 Å². The van der Waals surface area contributed by atoms with Crippen LogP contribution >= 0.6 is 22.9 Å². The van der Waals surface area contributed by atoms with E-state index in [1.807, 2.05) is 32.0 Å². The highest BCUT2D eigenvalue weighted by Gasteiger charge is 2.36. The van der Waals surface area contributed by atoms with Crippen molar-refractivity contribution >= 4 is 40.2 Å². The first-order valence-electron chi connectivity index (χ1n) is 7.26. The molecule has 0 fully saturated rings. The predicted molar refractivity (Wildman–Crippen MR) is 93.6 cm³/mol. The molecule has 1 aliphatic rings. The predicted octanol–water partition coefficient (Wildman–Crippen LogP) is 3.79. The molecule has 0 bridgehead atoms. The van der Waals surface area contributed by atoms with Crippen LogP contribution in [0.2, 0.25) is 4.47 Å². The number of nitrogens with one attached hydrogen (secondary N) is 1. The Morgan fingerprint density at radius 1 is 1.48 bits per heavy atom. The summed E-state index contributed by atoms with van der Waals surface area (Å²) in [7, 11) is 1.78. The van der Waals surface area contributed by atoms with E-state index in [9.17, 15) is 4.79 Å². The maximum Gasteiger partial charge on any atom is 0.235 e. The average Bonchev–Trinajstić information content (AvgIpc) is 2.92. The van der Waals surface area contributed by atoms with Crippen molar-refractivity contribution in [3.63, 3.8) is 0 Å². The molecule has 1 aliphatic heterocycles. The van der Waals surface area contributed by atoms with Crippen LogP contribution < -0.4 is 15.0 Å². The van der Waals surface area contributed by atoms with E-state index in [0.29, 0.717) is 23.4 Å². The summed E-state index contributed by atoms with van der Waals surface area (Å²) in [5, 5.41) is 3.32. The van der Waals surface area contributed by atoms with Gasteiger partial charge in [0.1, 0.15) is 12.4 Å². The zero-order valence-corrected chi connectivity index (χ0v) is 14.8. The Kier molecular flexibility index (Phi) is 4.21. The van der Waals surface area contributed by atoms with E-state index < -0.39 is 5.41 Å². The Balaban J connectivity index is 1.80. The lowest BCUT2D eigenvalue weighted by Crippen LogP contribution is -2.39. The molecule has 1 aromatic heterocycles. The quantitative estimate of drug-likeness (QED) is 0.914. The molecular weight excluding hydrogens is 334 g/mol. The molecule has 0 atom stereocenters. The third-order valence-corrected chi connectivity index (χ3v) is 4.90. The molecule has 0 radical (unpaired) electrons. The van der Waals surface area contributed by atoms with E-state index in [2.05, 4.69) is 10.3 Å². The van der Waals surface area contributed by atoms with Crippen LogP contribution in [-0.4, -0.2) is 24.5 Å². The van der Waals surface area contributed by atoms with Gasteiger partial charge in [-0.2, -0.15) is 0 Å². The van der Waals surface area contributed by atoms with E-state index in [0.717, 1.165) is 16.3 Å². The van der Waals surface area contributed by atoms with E-state index in [1.165, 1.54) is 11.3 Å². The van der Waals surface area contributed by atoms with Gasteiger partial charge in [-0.1, -0.05) is 11.6 Å². The van der Waals surface area contributed by atoms with Crippen LogP contribution in [0.5, 0.6) is 5.75 Å². The van der Waals surface area contributed by atoms with Crippen molar-refractivity contribution in [1.82, 2.24) is 4.98 Å². The molecule has 7 heteroatoms. The van der Waals surface area contributed by atoms with Gasteiger partial charge in [0.2, 0.25) is 5.91 Å². The first-order chi connectivity index (χ1) is 10.9. The topological polar surface area (TPSA) is 54.5 Å². The van der Waals surface area contributed by atoms with Crippen molar-refractivity contribution in [2.45, 2.75) is 20.4 Å². The highest BCUT2D eigenvalue weighted by atomic mass is 35.5. The summed E-state index contributed by atoms with van der Waals surface area (Å²) >= 11 is 7.28. The van der Waals surface area contributed by atoms with E-state index in [4.69, 9.17) is 16.3 Å². The van der Waals surface area contributed by atoms with Crippen LogP contribution in [0.25, 0.3) is 0 Å². The zero-order chi connectivity index (χ0) is 16.6. The lowest BCUT2D eigenvalue weighted by molar-refractivity contribution is -0.127. The van der Waals surface area contributed by atoms with Crippen molar-refractivity contribution in [2.75, 3.05) is 23.9 Å². The normalized spacial score (nSPS) is 16.5. The molecule has 1 aromatic carbocycles. The molecule has 0 unspecified atom stereocenters. The Bertz CT molecular complexity index is 745. The summed E-state index contributed by atoms with van der Waals surface area (Å²) in [6, 6.07) is 5.76. The lowest BCUT2D eigenvalue weighted by Gasteiger charge is -2.24. The smallest absolute Gasteiger partial charge is 0.235 e. The lowest BCUT2D eigenvalue weighted by atomic mass is 9.93. The van der Waals surface area contributed by atoms with Crippen molar-refractivity contribution in [2.24, 2.45) is 5.41 Å². The molecule has 2 aromatic rings. The third kappa shape index (κ3) is 3.28. The number of ether oxygens (including phenoxy) is 1. The number of benzene rings is 1. The number of hydrogen-bond acceptors (Lipinski definition) is 5. The average molecular weight is 352 g/mol. The number of anilines is 2. The summed E-state index contributed by atoms with van der Waals surface area (Å²) in [4.78, 5) is 19.2. The number of aromatic nitrogens is 1. The first-order valence-corrected chi connectivity index (χ1v) is 8.45. The maximum absolute atomic E-state index is 12.4. The second-order valence-corrected chi connectivity index (χ2v) is 7.85. The number of carbonyl (C=O) groups excluding carboxylic acids is 1. The molecule has 1 N–H and O–H groups in total. The SMILES string of the molecule is CN1C(=O)C(C)(C)COc2cc(NCc3cnc(Cl)s3)ccc21. The number of nitrogens with zero attached hydrogens (tertiary/aromatic N) is 2. The summed E-state index contributed by atoms with van der Waals surface area (Å²) in [5.74, 6) is 0.759. The summed E-state index contributed by atoms with van der Waals surface area (Å²) in [6.45, 7) is 4.79. The van der Waals surface area contributed by atoms with Gasteiger partial charge in [0.25, 0.3) is 0 Å². The minimum atomic E-state index is -0.541. The fourth-order valence-corrected chi connectivity index (χ4v) is 3.37. The molecule has 3 rings (SSSR count). The van der Waals surface area contributed by atoms with Crippen molar-refractivity contribution in [3.8, 4) is 5.75 Å². The van der Waals surface area contributed by atoms with Crippen molar-refractivity contribution in [1.29, 1.82) is 0 Å². The fraction of sp³-hybridized carbons (Fsp3) is 0.375. The van der Waals surface area contributed by atoms with Crippen LogP contribution in [0.4, 0.5) is 11.4 Å². The van der Waals surface area contributed by atoms with Gasteiger partial charge in [-0.3, -0.25) is 4.79 Å².